The quantitative estimate of drug-likeness (QED) is 0.737. The van der Waals surface area contributed by atoms with Crippen molar-refractivity contribution in [2.24, 2.45) is 7.05 Å². The summed E-state index contributed by atoms with van der Waals surface area (Å²) in [4.78, 5) is 11.9. The number of benzene rings is 1. The summed E-state index contributed by atoms with van der Waals surface area (Å²) in [7, 11) is 1.47. The zero-order valence-corrected chi connectivity index (χ0v) is 12.7. The van der Waals surface area contributed by atoms with E-state index in [1.54, 1.807) is 18.2 Å². The number of hydrogen-bond acceptors (Lipinski definition) is 5. The van der Waals surface area contributed by atoms with E-state index < -0.39 is 10.8 Å². The molecule has 0 N–H and O–H groups in total. The Morgan fingerprint density at radius 2 is 2.27 bits per heavy atom. The van der Waals surface area contributed by atoms with Gasteiger partial charge in [0.25, 0.3) is 0 Å². The smallest absolute Gasteiger partial charge is 0.368 e. The number of hydrogen-bond donors (Lipinski definition) is 0. The van der Waals surface area contributed by atoms with E-state index in [0.717, 1.165) is 26.3 Å². The van der Waals surface area contributed by atoms with Crippen molar-refractivity contribution in [3.8, 4) is 11.4 Å². The Hall–Kier alpha value is -2.48. The van der Waals surface area contributed by atoms with Gasteiger partial charge < -0.3 is 4.74 Å². The maximum atomic E-state index is 14.0. The number of nitrogens with zero attached hydrogens (tertiary/aromatic N) is 4. The fraction of sp³-hybridized carbons (Fsp3) is 0.214. The molecule has 3 aromatic rings. The molecule has 2 aromatic heterocycles. The van der Waals surface area contributed by atoms with Gasteiger partial charge >= 0.3 is 5.69 Å². The van der Waals surface area contributed by atoms with Crippen molar-refractivity contribution in [2.45, 2.75) is 13.5 Å². The number of rotatable bonds is 4. The minimum absolute atomic E-state index is 0.0497. The lowest BCUT2D eigenvalue weighted by Crippen LogP contribution is -2.22. The summed E-state index contributed by atoms with van der Waals surface area (Å²) in [6.07, 6.45) is 0. The molecule has 0 amide bonds. The first-order chi connectivity index (χ1) is 11.0. The van der Waals surface area contributed by atoms with Crippen LogP contribution in [-0.4, -0.2) is 19.8 Å². The van der Waals surface area contributed by atoms with Crippen LogP contribution in [0.4, 0.5) is 4.39 Å². The third-order valence-corrected chi connectivity index (χ3v) is 3.96. The highest BCUT2D eigenvalue weighted by Crippen LogP contribution is 2.25. The lowest BCUT2D eigenvalue weighted by atomic mass is 10.2. The summed E-state index contributed by atoms with van der Waals surface area (Å²) < 4.78 is 29.3. The molecule has 0 aliphatic carbocycles. The molecule has 0 radical (unpaired) electrons. The van der Waals surface area contributed by atoms with E-state index in [4.69, 9.17) is 6.11 Å². The summed E-state index contributed by atoms with van der Waals surface area (Å²) >= 11 is 0.872. The summed E-state index contributed by atoms with van der Waals surface area (Å²) in [5, 5.41) is 8.41. The first-order valence-corrected chi connectivity index (χ1v) is 7.30. The number of thiophene rings is 1. The molecule has 2 heterocycles. The Bertz CT molecular complexity index is 918. The number of aromatic nitrogens is 4. The van der Waals surface area contributed by atoms with E-state index in [9.17, 15) is 9.18 Å². The average molecular weight is 322 g/mol. The minimum atomic E-state index is -0.459. The topological polar surface area (TPSA) is 61.9 Å². The number of aryl methyl sites for hydroxylation is 2. The van der Waals surface area contributed by atoms with Gasteiger partial charge in [0.1, 0.15) is 12.4 Å². The number of para-hydroxylation sites is 1. The predicted octanol–water partition coefficient (Wildman–Crippen LogP) is 2.05. The Balaban J connectivity index is 1.90. The normalized spacial score (nSPS) is 11.5. The largest absolute Gasteiger partial charge is 0.488 e. The minimum Gasteiger partial charge on any atom is -0.488 e. The Labute approximate surface area is 130 Å². The monoisotopic (exact) mass is 322 g/mol. The molecule has 0 unspecified atom stereocenters. The molecule has 0 fully saturated rings. The van der Waals surface area contributed by atoms with Crippen LogP contribution in [0.1, 0.15) is 12.5 Å². The van der Waals surface area contributed by atoms with Gasteiger partial charge in [-0.2, -0.15) is 13.8 Å². The lowest BCUT2D eigenvalue weighted by Gasteiger charge is -2.09. The molecular weight excluding hydrogens is 307 g/mol. The van der Waals surface area contributed by atoms with Crippen LogP contribution in [0.2, 0.25) is 0 Å². The SMILES string of the molecule is [3H]c1ccc(OCc2c(-n3nnn(C)c3=O)csc2F)c(C)c1. The van der Waals surface area contributed by atoms with Crippen molar-refractivity contribution >= 4 is 11.3 Å². The Kier molecular flexibility index (Phi) is 3.43. The first kappa shape index (κ1) is 13.2. The van der Waals surface area contributed by atoms with Crippen LogP contribution in [-0.2, 0) is 13.7 Å². The van der Waals surface area contributed by atoms with Gasteiger partial charge in [-0.15, -0.1) is 11.3 Å². The molecule has 1 aromatic carbocycles. The van der Waals surface area contributed by atoms with Gasteiger partial charge in [-0.3, -0.25) is 0 Å². The molecule has 0 aliphatic heterocycles. The molecular formula is C14H13FN4O2S. The number of halogens is 1. The molecule has 0 spiro atoms. The zero-order chi connectivity index (χ0) is 16.6. The third kappa shape index (κ3) is 2.52. The molecule has 22 heavy (non-hydrogen) atoms. The van der Waals surface area contributed by atoms with Crippen LogP contribution in [0.25, 0.3) is 5.69 Å². The molecule has 114 valence electrons. The second kappa shape index (κ2) is 5.72. The predicted molar refractivity (Wildman–Crippen MR) is 79.9 cm³/mol. The van der Waals surface area contributed by atoms with E-state index in [1.807, 2.05) is 6.92 Å². The van der Waals surface area contributed by atoms with Gasteiger partial charge in [0.2, 0.25) is 0 Å². The summed E-state index contributed by atoms with van der Waals surface area (Å²) in [5.74, 6) is 0.559. The van der Waals surface area contributed by atoms with Gasteiger partial charge in [0.15, 0.2) is 5.13 Å². The third-order valence-electron chi connectivity index (χ3n) is 3.16. The molecule has 0 saturated heterocycles. The van der Waals surface area contributed by atoms with Crippen LogP contribution >= 0.6 is 11.3 Å². The summed E-state index contributed by atoms with van der Waals surface area (Å²) in [6.45, 7) is 1.76. The highest BCUT2D eigenvalue weighted by molar-refractivity contribution is 7.08. The van der Waals surface area contributed by atoms with Crippen molar-refractivity contribution in [3.63, 3.8) is 0 Å². The van der Waals surface area contributed by atoms with Crippen LogP contribution in [0.3, 0.4) is 0 Å². The van der Waals surface area contributed by atoms with Gasteiger partial charge in [-0.1, -0.05) is 18.2 Å². The van der Waals surface area contributed by atoms with E-state index >= 15 is 0 Å². The van der Waals surface area contributed by atoms with E-state index in [-0.39, 0.29) is 12.2 Å². The second-order valence-electron chi connectivity index (χ2n) is 4.65. The molecule has 8 heteroatoms. The van der Waals surface area contributed by atoms with Crippen molar-refractivity contribution in [2.75, 3.05) is 0 Å². The molecule has 0 atom stereocenters. The first-order valence-electron chi connectivity index (χ1n) is 6.92. The maximum absolute atomic E-state index is 14.0. The Morgan fingerprint density at radius 3 is 2.95 bits per heavy atom. The second-order valence-corrected chi connectivity index (χ2v) is 5.48. The molecule has 0 aliphatic rings. The van der Waals surface area contributed by atoms with Gasteiger partial charge in [0.05, 0.1) is 12.6 Å². The summed E-state index contributed by atoms with van der Waals surface area (Å²) in [6, 6.07) is 5.30. The number of tetrazole rings is 1. The van der Waals surface area contributed by atoms with Crippen LogP contribution in [0.15, 0.2) is 34.4 Å². The van der Waals surface area contributed by atoms with E-state index in [2.05, 4.69) is 10.4 Å². The average Bonchev–Trinajstić information content (AvgIpc) is 3.02. The van der Waals surface area contributed by atoms with Crippen LogP contribution in [0, 0.1) is 12.1 Å². The number of ether oxygens (including phenoxy) is 1. The highest BCUT2D eigenvalue weighted by Gasteiger charge is 2.18. The lowest BCUT2D eigenvalue weighted by molar-refractivity contribution is 0.298. The van der Waals surface area contributed by atoms with E-state index in [1.165, 1.54) is 12.4 Å². The highest BCUT2D eigenvalue weighted by atomic mass is 32.1. The maximum Gasteiger partial charge on any atom is 0.368 e. The van der Waals surface area contributed by atoms with Crippen LogP contribution < -0.4 is 10.4 Å². The molecule has 3 rings (SSSR count). The van der Waals surface area contributed by atoms with Crippen molar-refractivity contribution in [1.82, 2.24) is 19.8 Å². The van der Waals surface area contributed by atoms with E-state index in [0.29, 0.717) is 17.5 Å². The zero-order valence-electron chi connectivity index (χ0n) is 12.9. The van der Waals surface area contributed by atoms with Crippen molar-refractivity contribution < 1.29 is 10.5 Å². The fourth-order valence-corrected chi connectivity index (χ4v) is 2.70. The van der Waals surface area contributed by atoms with Crippen LogP contribution in [0.5, 0.6) is 5.75 Å². The standard InChI is InChI=1S/C14H13FN4O2S/c1-9-5-3-4-6-12(9)21-7-10-11(8-22-13(10)15)19-14(20)18(2)16-17-19/h3-6,8H,7H2,1-2H3/i3T. The fourth-order valence-electron chi connectivity index (χ4n) is 1.94. The van der Waals surface area contributed by atoms with Gasteiger partial charge in [-0.25, -0.2) is 4.79 Å². The molecule has 0 saturated carbocycles. The summed E-state index contributed by atoms with van der Waals surface area (Å²) in [5.41, 5.74) is 0.887. The van der Waals surface area contributed by atoms with Crippen molar-refractivity contribution in [1.29, 1.82) is 0 Å². The van der Waals surface area contributed by atoms with Crippen molar-refractivity contribution in [3.05, 3.63) is 56.4 Å². The Morgan fingerprint density at radius 1 is 1.45 bits per heavy atom. The van der Waals surface area contributed by atoms with Gasteiger partial charge in [-0.05, 0) is 29.0 Å². The molecule has 0 bridgehead atoms. The molecule has 6 nitrogen and oxygen atoms in total. The van der Waals surface area contributed by atoms with Gasteiger partial charge in [0, 0.05) is 12.4 Å².